The number of benzene rings is 1. The summed E-state index contributed by atoms with van der Waals surface area (Å²) in [6, 6.07) is 6.11. The van der Waals surface area contributed by atoms with Crippen molar-refractivity contribution in [3.8, 4) is 0 Å². The Bertz CT molecular complexity index is 518. The molecule has 0 saturated carbocycles. The summed E-state index contributed by atoms with van der Waals surface area (Å²) in [5.74, 6) is 0.100. The first-order valence-corrected chi connectivity index (χ1v) is 8.14. The van der Waals surface area contributed by atoms with Crippen LogP contribution in [0.25, 0.3) is 0 Å². The van der Waals surface area contributed by atoms with Crippen LogP contribution in [0.3, 0.4) is 0 Å². The van der Waals surface area contributed by atoms with E-state index in [2.05, 4.69) is 0 Å². The van der Waals surface area contributed by atoms with E-state index in [0.29, 0.717) is 13.2 Å². The number of nitrogens with zero attached hydrogens (tertiary/aromatic N) is 1. The highest BCUT2D eigenvalue weighted by atomic mass is 16.7. The zero-order chi connectivity index (χ0) is 16.7. The molecule has 0 bridgehead atoms. The van der Waals surface area contributed by atoms with E-state index < -0.39 is 0 Å². The number of likely N-dealkylation sites (tertiary alicyclic amines) is 1. The van der Waals surface area contributed by atoms with Gasteiger partial charge in [0.15, 0.2) is 0 Å². The molecule has 1 heterocycles. The molecule has 0 unspecified atom stereocenters. The van der Waals surface area contributed by atoms with Crippen molar-refractivity contribution >= 4 is 5.91 Å². The molecular formula is C18H27NO4. The van der Waals surface area contributed by atoms with Crippen LogP contribution in [0.15, 0.2) is 18.2 Å². The van der Waals surface area contributed by atoms with Crippen molar-refractivity contribution in [2.45, 2.75) is 38.8 Å². The maximum absolute atomic E-state index is 13.0. The lowest BCUT2D eigenvalue weighted by Gasteiger charge is -2.26. The fraction of sp³-hybridized carbons (Fsp3) is 0.611. The molecule has 0 N–H and O–H groups in total. The highest BCUT2D eigenvalue weighted by Gasteiger charge is 2.30. The van der Waals surface area contributed by atoms with Gasteiger partial charge in [0.1, 0.15) is 6.79 Å². The quantitative estimate of drug-likeness (QED) is 0.546. The van der Waals surface area contributed by atoms with Gasteiger partial charge in [-0.1, -0.05) is 12.1 Å². The van der Waals surface area contributed by atoms with Gasteiger partial charge in [-0.25, -0.2) is 0 Å². The van der Waals surface area contributed by atoms with E-state index in [1.54, 1.807) is 14.2 Å². The third-order valence-electron chi connectivity index (χ3n) is 4.38. The minimum absolute atomic E-state index is 0.100. The summed E-state index contributed by atoms with van der Waals surface area (Å²) in [4.78, 5) is 15.0. The lowest BCUT2D eigenvalue weighted by atomic mass is 10.0. The predicted octanol–water partition coefficient (Wildman–Crippen LogP) is 2.76. The van der Waals surface area contributed by atoms with E-state index in [1.165, 1.54) is 0 Å². The van der Waals surface area contributed by atoms with Gasteiger partial charge in [0, 0.05) is 39.0 Å². The minimum atomic E-state index is 0.100. The summed E-state index contributed by atoms with van der Waals surface area (Å²) in [6.45, 7) is 4.13. The zero-order valence-corrected chi connectivity index (χ0v) is 14.3. The lowest BCUT2D eigenvalue weighted by Crippen LogP contribution is -2.36. The second-order valence-electron chi connectivity index (χ2n) is 5.93. The Hall–Kier alpha value is -1.43. The second-order valence-corrected chi connectivity index (χ2v) is 5.93. The largest absolute Gasteiger partial charge is 0.385 e. The number of hydrogen-bond acceptors (Lipinski definition) is 4. The molecule has 0 aliphatic carbocycles. The molecule has 1 atom stereocenters. The molecule has 1 aromatic carbocycles. The molecule has 1 saturated heterocycles. The number of carbonyl (C=O) groups excluding carboxylic acids is 1. The van der Waals surface area contributed by atoms with Gasteiger partial charge in [0.2, 0.25) is 0 Å². The first kappa shape index (κ1) is 17.9. The molecular weight excluding hydrogens is 294 g/mol. The van der Waals surface area contributed by atoms with Crippen LogP contribution < -0.4 is 0 Å². The Morgan fingerprint density at radius 2 is 2.13 bits per heavy atom. The normalized spacial score (nSPS) is 17.7. The van der Waals surface area contributed by atoms with E-state index in [0.717, 1.165) is 42.5 Å². The van der Waals surface area contributed by atoms with Gasteiger partial charge in [-0.2, -0.15) is 0 Å². The molecule has 2 rings (SSSR count). The van der Waals surface area contributed by atoms with Crippen LogP contribution in [0, 0.1) is 6.92 Å². The van der Waals surface area contributed by atoms with Crippen LogP contribution >= 0.6 is 0 Å². The number of aryl methyl sites for hydroxylation is 1. The van der Waals surface area contributed by atoms with Crippen molar-refractivity contribution in [2.24, 2.45) is 0 Å². The summed E-state index contributed by atoms with van der Waals surface area (Å²) < 4.78 is 15.6. The monoisotopic (exact) mass is 321 g/mol. The number of carbonyl (C=O) groups is 1. The molecule has 1 aliphatic rings. The molecule has 1 aliphatic heterocycles. The molecule has 5 nitrogen and oxygen atoms in total. The van der Waals surface area contributed by atoms with Crippen molar-refractivity contribution in [1.29, 1.82) is 0 Å². The smallest absolute Gasteiger partial charge is 0.254 e. The third kappa shape index (κ3) is 4.53. The summed E-state index contributed by atoms with van der Waals surface area (Å²) in [7, 11) is 3.29. The zero-order valence-electron chi connectivity index (χ0n) is 14.3. The maximum Gasteiger partial charge on any atom is 0.254 e. The van der Waals surface area contributed by atoms with E-state index in [-0.39, 0.29) is 18.7 Å². The molecule has 1 fully saturated rings. The van der Waals surface area contributed by atoms with Crippen LogP contribution in [-0.2, 0) is 20.8 Å². The predicted molar refractivity (Wildman–Crippen MR) is 88.4 cm³/mol. The van der Waals surface area contributed by atoms with Crippen LogP contribution in [0.5, 0.6) is 0 Å². The molecule has 5 heteroatoms. The average molecular weight is 321 g/mol. The lowest BCUT2D eigenvalue weighted by molar-refractivity contribution is -0.0394. The number of hydrogen-bond donors (Lipinski definition) is 0. The first-order chi connectivity index (χ1) is 11.2. The maximum atomic E-state index is 13.0. The summed E-state index contributed by atoms with van der Waals surface area (Å²) in [5.41, 5.74) is 2.76. The number of amides is 1. The highest BCUT2D eigenvalue weighted by Crippen LogP contribution is 2.25. The molecule has 0 aromatic heterocycles. The van der Waals surface area contributed by atoms with E-state index >= 15 is 0 Å². The Labute approximate surface area is 138 Å². The second kappa shape index (κ2) is 9.01. The molecule has 23 heavy (non-hydrogen) atoms. The van der Waals surface area contributed by atoms with Crippen LogP contribution in [0.2, 0.25) is 0 Å². The van der Waals surface area contributed by atoms with E-state index in [4.69, 9.17) is 14.2 Å². The van der Waals surface area contributed by atoms with Gasteiger partial charge < -0.3 is 19.1 Å². The van der Waals surface area contributed by atoms with Crippen molar-refractivity contribution in [3.05, 3.63) is 34.9 Å². The van der Waals surface area contributed by atoms with E-state index in [1.807, 2.05) is 30.0 Å². The Morgan fingerprint density at radius 3 is 2.87 bits per heavy atom. The summed E-state index contributed by atoms with van der Waals surface area (Å²) in [6.07, 6.45) is 3.00. The summed E-state index contributed by atoms with van der Waals surface area (Å²) >= 11 is 0. The van der Waals surface area contributed by atoms with Gasteiger partial charge in [-0.3, -0.25) is 4.79 Å². The van der Waals surface area contributed by atoms with Crippen LogP contribution in [0.4, 0.5) is 0 Å². The molecule has 128 valence electrons. The van der Waals surface area contributed by atoms with Gasteiger partial charge in [-0.15, -0.1) is 0 Å². The minimum Gasteiger partial charge on any atom is -0.385 e. The first-order valence-electron chi connectivity index (χ1n) is 8.14. The number of rotatable bonds is 8. The topological polar surface area (TPSA) is 48.0 Å². The van der Waals surface area contributed by atoms with Gasteiger partial charge in [-0.05, 0) is 43.4 Å². The van der Waals surface area contributed by atoms with Crippen molar-refractivity contribution in [1.82, 2.24) is 4.90 Å². The standard InChI is InChI=1S/C18H27NO4/c1-14-6-4-8-16(17(14)12-23-13-22-3)18(20)19-10-5-7-15(19)9-11-21-2/h4,6,8,15H,5,7,9-13H2,1-3H3/t15-/m1/s1. The molecule has 1 aromatic rings. The van der Waals surface area contributed by atoms with Gasteiger partial charge >= 0.3 is 0 Å². The molecule has 0 spiro atoms. The Kier molecular flexibility index (Phi) is 7.02. The van der Waals surface area contributed by atoms with Crippen LogP contribution in [0.1, 0.15) is 40.7 Å². The number of methoxy groups -OCH3 is 2. The van der Waals surface area contributed by atoms with E-state index in [9.17, 15) is 4.79 Å². The highest BCUT2D eigenvalue weighted by molar-refractivity contribution is 5.96. The Morgan fingerprint density at radius 1 is 1.30 bits per heavy atom. The SMILES string of the molecule is COCC[C@H]1CCCN1C(=O)c1cccc(C)c1COCOC. The van der Waals surface area contributed by atoms with Gasteiger partial charge in [0.25, 0.3) is 5.91 Å². The molecule has 0 radical (unpaired) electrons. The van der Waals surface area contributed by atoms with Crippen LogP contribution in [-0.4, -0.2) is 51.0 Å². The number of ether oxygens (including phenoxy) is 3. The fourth-order valence-electron chi connectivity index (χ4n) is 3.13. The van der Waals surface area contributed by atoms with Crippen molar-refractivity contribution < 1.29 is 19.0 Å². The molecule has 1 amide bonds. The van der Waals surface area contributed by atoms with Gasteiger partial charge in [0.05, 0.1) is 6.61 Å². The third-order valence-corrected chi connectivity index (χ3v) is 4.38. The van der Waals surface area contributed by atoms with Crippen molar-refractivity contribution in [2.75, 3.05) is 34.2 Å². The fourth-order valence-corrected chi connectivity index (χ4v) is 3.13. The average Bonchev–Trinajstić information content (AvgIpc) is 3.02. The Balaban J connectivity index is 2.16. The summed E-state index contributed by atoms with van der Waals surface area (Å²) in [5, 5.41) is 0. The van der Waals surface area contributed by atoms with Crippen molar-refractivity contribution in [3.63, 3.8) is 0 Å².